The summed E-state index contributed by atoms with van der Waals surface area (Å²) in [6.07, 6.45) is -1.42. The van der Waals surface area contributed by atoms with Gasteiger partial charge in [0, 0.05) is 36.8 Å². The van der Waals surface area contributed by atoms with Crippen molar-refractivity contribution in [2.24, 2.45) is 0 Å². The fourth-order valence-corrected chi connectivity index (χ4v) is 1.77. The quantitative estimate of drug-likeness (QED) is 0.680. The molecule has 1 aromatic carbocycles. The molecule has 0 radical (unpaired) electrons. The van der Waals surface area contributed by atoms with Crippen LogP contribution in [0.25, 0.3) is 0 Å². The van der Waals surface area contributed by atoms with Crippen molar-refractivity contribution in [1.82, 2.24) is 9.78 Å². The van der Waals surface area contributed by atoms with Gasteiger partial charge in [-0.25, -0.2) is 0 Å². The van der Waals surface area contributed by atoms with Crippen molar-refractivity contribution < 1.29 is 18.1 Å². The van der Waals surface area contributed by atoms with Crippen molar-refractivity contribution in [2.75, 3.05) is 11.9 Å². The van der Waals surface area contributed by atoms with Crippen LogP contribution >= 0.6 is 0 Å². The normalized spacial score (nSPS) is 11.4. The van der Waals surface area contributed by atoms with Crippen LogP contribution in [0.15, 0.2) is 36.7 Å². The van der Waals surface area contributed by atoms with Crippen molar-refractivity contribution in [2.45, 2.75) is 12.7 Å². The summed E-state index contributed by atoms with van der Waals surface area (Å²) in [4.78, 5) is 9.71. The minimum atomic E-state index is -4.67. The monoisotopic (exact) mass is 300 g/mol. The number of alkyl halides is 3. The van der Waals surface area contributed by atoms with E-state index in [9.17, 15) is 23.3 Å². The van der Waals surface area contributed by atoms with E-state index in [-0.39, 0.29) is 12.2 Å². The number of nitro benzene ring substituents is 1. The van der Waals surface area contributed by atoms with Crippen LogP contribution in [0.5, 0.6) is 0 Å². The van der Waals surface area contributed by atoms with Crippen LogP contribution in [0.4, 0.5) is 24.5 Å². The van der Waals surface area contributed by atoms with Crippen molar-refractivity contribution in [1.29, 1.82) is 0 Å². The fourth-order valence-electron chi connectivity index (χ4n) is 1.77. The van der Waals surface area contributed by atoms with Gasteiger partial charge in [0.25, 0.3) is 5.69 Å². The average molecular weight is 300 g/mol. The van der Waals surface area contributed by atoms with Crippen LogP contribution < -0.4 is 5.32 Å². The van der Waals surface area contributed by atoms with Gasteiger partial charge in [-0.15, -0.1) is 0 Å². The predicted molar refractivity (Wildman–Crippen MR) is 68.8 cm³/mol. The van der Waals surface area contributed by atoms with Gasteiger partial charge >= 0.3 is 6.18 Å². The molecule has 0 atom stereocenters. The second-order valence-electron chi connectivity index (χ2n) is 4.18. The van der Waals surface area contributed by atoms with Gasteiger partial charge in [-0.05, 0) is 12.1 Å². The van der Waals surface area contributed by atoms with Crippen molar-refractivity contribution >= 4 is 11.4 Å². The van der Waals surface area contributed by atoms with Gasteiger partial charge in [0.2, 0.25) is 0 Å². The van der Waals surface area contributed by atoms with E-state index in [0.717, 1.165) is 12.1 Å². The Balaban J connectivity index is 2.16. The van der Waals surface area contributed by atoms with E-state index in [1.165, 1.54) is 0 Å². The molecule has 0 saturated heterocycles. The number of aromatic nitrogens is 2. The number of nitrogens with one attached hydrogen (secondary N) is 1. The van der Waals surface area contributed by atoms with Crippen molar-refractivity contribution in [3.05, 3.63) is 52.3 Å². The molecule has 0 saturated carbocycles. The lowest BCUT2D eigenvalue weighted by atomic mass is 10.1. The van der Waals surface area contributed by atoms with Gasteiger partial charge in [-0.2, -0.15) is 18.3 Å². The number of anilines is 1. The molecule has 2 rings (SSSR count). The lowest BCUT2D eigenvalue weighted by molar-refractivity contribution is -0.385. The number of nitro groups is 1. The Morgan fingerprint density at radius 1 is 1.38 bits per heavy atom. The molecule has 1 aromatic heterocycles. The third-order valence-corrected chi connectivity index (χ3v) is 2.73. The molecule has 0 aliphatic rings. The SMILES string of the molecule is O=[N+]([O-])c1ccc(NCCn2cccn2)c(C(F)(F)F)c1. The molecule has 0 bridgehead atoms. The zero-order valence-electron chi connectivity index (χ0n) is 10.7. The van der Waals surface area contributed by atoms with E-state index < -0.39 is 22.4 Å². The Hall–Kier alpha value is -2.58. The summed E-state index contributed by atoms with van der Waals surface area (Å²) in [6.45, 7) is 0.587. The number of halogens is 3. The maximum absolute atomic E-state index is 12.9. The first-order valence-electron chi connectivity index (χ1n) is 5.95. The molecule has 0 fully saturated rings. The van der Waals surface area contributed by atoms with Gasteiger partial charge in [0.1, 0.15) is 0 Å². The second-order valence-corrected chi connectivity index (χ2v) is 4.18. The number of nitrogens with zero attached hydrogens (tertiary/aromatic N) is 3. The molecule has 6 nitrogen and oxygen atoms in total. The summed E-state index contributed by atoms with van der Waals surface area (Å²) in [6, 6.07) is 4.32. The molecular weight excluding hydrogens is 289 g/mol. The Morgan fingerprint density at radius 2 is 2.14 bits per heavy atom. The minimum absolute atomic E-state index is 0.194. The highest BCUT2D eigenvalue weighted by molar-refractivity contribution is 5.57. The minimum Gasteiger partial charge on any atom is -0.383 e. The molecule has 2 aromatic rings. The Morgan fingerprint density at radius 3 is 2.71 bits per heavy atom. The lowest BCUT2D eigenvalue weighted by Gasteiger charge is -2.14. The molecule has 1 heterocycles. The van der Waals surface area contributed by atoms with E-state index >= 15 is 0 Å². The van der Waals surface area contributed by atoms with Crippen LogP contribution in [0.2, 0.25) is 0 Å². The summed E-state index contributed by atoms with van der Waals surface area (Å²) in [7, 11) is 0. The number of hydrogen-bond donors (Lipinski definition) is 1. The first kappa shape index (κ1) is 14.8. The molecule has 21 heavy (non-hydrogen) atoms. The summed E-state index contributed by atoms with van der Waals surface area (Å²) in [5.74, 6) is 0. The number of hydrogen-bond acceptors (Lipinski definition) is 4. The van der Waals surface area contributed by atoms with Crippen LogP contribution in [0.3, 0.4) is 0 Å². The molecular formula is C12H11F3N4O2. The van der Waals surface area contributed by atoms with Gasteiger partial charge in [0.05, 0.1) is 17.0 Å². The summed E-state index contributed by atoms with van der Waals surface area (Å²) >= 11 is 0. The van der Waals surface area contributed by atoms with Crippen LogP contribution in [0.1, 0.15) is 5.56 Å². The number of rotatable bonds is 5. The standard InChI is InChI=1S/C12H11F3N4O2/c13-12(14,15)10-8-9(19(20)21)2-3-11(10)16-5-7-18-6-1-4-17-18/h1-4,6,8,16H,5,7H2. The zero-order chi connectivity index (χ0) is 15.5. The first-order valence-corrected chi connectivity index (χ1v) is 5.95. The molecule has 9 heteroatoms. The highest BCUT2D eigenvalue weighted by Crippen LogP contribution is 2.36. The van der Waals surface area contributed by atoms with Crippen molar-refractivity contribution in [3.63, 3.8) is 0 Å². The molecule has 0 unspecified atom stereocenters. The molecule has 0 aliphatic carbocycles. The van der Waals surface area contributed by atoms with Gasteiger partial charge in [-0.3, -0.25) is 14.8 Å². The zero-order valence-corrected chi connectivity index (χ0v) is 10.7. The van der Waals surface area contributed by atoms with Crippen molar-refractivity contribution in [3.8, 4) is 0 Å². The fraction of sp³-hybridized carbons (Fsp3) is 0.250. The highest BCUT2D eigenvalue weighted by Gasteiger charge is 2.35. The van der Waals surface area contributed by atoms with Crippen LogP contribution in [-0.2, 0) is 12.7 Å². The highest BCUT2D eigenvalue weighted by atomic mass is 19.4. The summed E-state index contributed by atoms with van der Waals surface area (Å²) < 4.78 is 40.3. The second kappa shape index (κ2) is 5.81. The first-order chi connectivity index (χ1) is 9.88. The maximum atomic E-state index is 12.9. The molecule has 0 aliphatic heterocycles. The van der Waals surface area contributed by atoms with E-state index in [0.29, 0.717) is 12.6 Å². The van der Waals surface area contributed by atoms with Crippen LogP contribution in [-0.4, -0.2) is 21.2 Å². The largest absolute Gasteiger partial charge is 0.418 e. The molecule has 0 spiro atoms. The smallest absolute Gasteiger partial charge is 0.383 e. The van der Waals surface area contributed by atoms with E-state index in [4.69, 9.17) is 0 Å². The molecule has 112 valence electrons. The van der Waals surface area contributed by atoms with E-state index in [1.54, 1.807) is 23.1 Å². The maximum Gasteiger partial charge on any atom is 0.418 e. The predicted octanol–water partition coefficient (Wildman–Crippen LogP) is 2.92. The Kier molecular flexibility index (Phi) is 4.10. The number of benzene rings is 1. The van der Waals surface area contributed by atoms with Gasteiger partial charge in [-0.1, -0.05) is 0 Å². The third-order valence-electron chi connectivity index (χ3n) is 2.73. The van der Waals surface area contributed by atoms with Gasteiger partial charge < -0.3 is 5.32 Å². The summed E-state index contributed by atoms with van der Waals surface area (Å²) in [5, 5.41) is 17.1. The Bertz CT molecular complexity index is 626. The lowest BCUT2D eigenvalue weighted by Crippen LogP contribution is -2.15. The molecule has 1 N–H and O–H groups in total. The molecule has 0 amide bonds. The topological polar surface area (TPSA) is 73.0 Å². The number of non-ortho nitro benzene ring substituents is 1. The Labute approximate surface area is 117 Å². The van der Waals surface area contributed by atoms with Crippen LogP contribution in [0, 0.1) is 10.1 Å². The summed E-state index contributed by atoms with van der Waals surface area (Å²) in [5.41, 5.74) is -1.85. The average Bonchev–Trinajstić information content (AvgIpc) is 2.90. The third kappa shape index (κ3) is 3.71. The van der Waals surface area contributed by atoms with Gasteiger partial charge in [0.15, 0.2) is 0 Å². The van der Waals surface area contributed by atoms with E-state index in [2.05, 4.69) is 10.4 Å². The van der Waals surface area contributed by atoms with E-state index in [1.807, 2.05) is 0 Å².